The van der Waals surface area contributed by atoms with Crippen LogP contribution in [0.3, 0.4) is 0 Å². The molecule has 0 aliphatic heterocycles. The summed E-state index contributed by atoms with van der Waals surface area (Å²) in [4.78, 5) is 25.2. The van der Waals surface area contributed by atoms with Crippen molar-refractivity contribution in [1.82, 2.24) is 58.7 Å². The fraction of sp³-hybridized carbons (Fsp3) is 0.0667. The van der Waals surface area contributed by atoms with E-state index >= 15 is 0 Å². The minimum absolute atomic E-state index is 0.346. The van der Waals surface area contributed by atoms with E-state index in [1.165, 1.54) is 24.5 Å². The Labute approximate surface area is 286 Å². The van der Waals surface area contributed by atoms with Gasteiger partial charge in [-0.15, -0.1) is 0 Å². The lowest BCUT2D eigenvalue weighted by molar-refractivity contribution is 0.909. The Kier molecular flexibility index (Phi) is 9.72. The average Bonchev–Trinajstić information content (AvgIpc) is 3.84. The van der Waals surface area contributed by atoms with Crippen molar-refractivity contribution in [3.63, 3.8) is 0 Å². The summed E-state index contributed by atoms with van der Waals surface area (Å²) in [5.74, 6) is 0. The molecule has 0 radical (unpaired) electrons. The summed E-state index contributed by atoms with van der Waals surface area (Å²) in [6.45, 7) is 0. The minimum Gasteiger partial charge on any atom is -0.240 e. The Morgan fingerprint density at radius 2 is 1.02 bits per heavy atom. The van der Waals surface area contributed by atoms with Crippen molar-refractivity contribution in [1.29, 1.82) is 5.26 Å². The molecule has 0 atom stereocenters. The third-order valence-electron chi connectivity index (χ3n) is 6.37. The fourth-order valence-corrected chi connectivity index (χ4v) is 5.88. The number of aromatic nitrogens is 12. The van der Waals surface area contributed by atoms with E-state index in [0.717, 1.165) is 38.2 Å². The van der Waals surface area contributed by atoms with Gasteiger partial charge in [0.15, 0.2) is 27.2 Å². The number of hydrogen-bond donors (Lipinski definition) is 0. The van der Waals surface area contributed by atoms with Gasteiger partial charge in [-0.3, -0.25) is 0 Å². The summed E-state index contributed by atoms with van der Waals surface area (Å²) in [6, 6.07) is 22.2. The molecule has 0 unspecified atom stereocenters. The van der Waals surface area contributed by atoms with Gasteiger partial charge in [0.25, 0.3) is 0 Å². The van der Waals surface area contributed by atoms with Crippen LogP contribution in [0.1, 0.15) is 28.2 Å². The summed E-state index contributed by atoms with van der Waals surface area (Å²) >= 11 is 9.88. The van der Waals surface area contributed by atoms with Crippen molar-refractivity contribution >= 4 is 64.7 Å². The van der Waals surface area contributed by atoms with Crippen molar-refractivity contribution in [2.45, 2.75) is 12.8 Å². The highest BCUT2D eigenvalue weighted by molar-refractivity contribution is 9.11. The predicted molar refractivity (Wildman–Crippen MR) is 179 cm³/mol. The van der Waals surface area contributed by atoms with Crippen LogP contribution < -0.4 is 0 Å². The van der Waals surface area contributed by atoms with Crippen LogP contribution in [-0.4, -0.2) is 58.7 Å². The molecule has 8 rings (SSSR count). The van der Waals surface area contributed by atoms with Crippen molar-refractivity contribution in [3.8, 4) is 6.07 Å². The average molecular weight is 802 g/mol. The molecule has 16 heteroatoms. The van der Waals surface area contributed by atoms with E-state index in [9.17, 15) is 0 Å². The minimum atomic E-state index is 0.346. The zero-order valence-corrected chi connectivity index (χ0v) is 28.4. The molecule has 0 spiro atoms. The molecule has 0 N–H and O–H groups in total. The smallest absolute Gasteiger partial charge is 0.188 e. The maximum atomic E-state index is 8.95. The van der Waals surface area contributed by atoms with Crippen molar-refractivity contribution in [2.75, 3.05) is 0 Å². The number of nitriles is 1. The van der Waals surface area contributed by atoms with Gasteiger partial charge in [-0.1, -0.05) is 60.7 Å². The van der Waals surface area contributed by atoms with Crippen LogP contribution in [0.5, 0.6) is 0 Å². The largest absolute Gasteiger partial charge is 0.240 e. The molecule has 6 heterocycles. The van der Waals surface area contributed by atoms with Crippen LogP contribution in [0.4, 0.5) is 0 Å². The number of benzene rings is 2. The molecule has 8 aromatic rings. The predicted octanol–water partition coefficient (Wildman–Crippen LogP) is 5.71. The van der Waals surface area contributed by atoms with Gasteiger partial charge in [0.05, 0.1) is 30.0 Å². The van der Waals surface area contributed by atoms with Crippen LogP contribution in [-0.2, 0) is 12.8 Å². The van der Waals surface area contributed by atoms with Gasteiger partial charge in [0.1, 0.15) is 34.3 Å². The number of nitrogens with zero attached hydrogens (tertiary/aromatic N) is 13. The maximum Gasteiger partial charge on any atom is 0.188 e. The zero-order valence-electron chi connectivity index (χ0n) is 23.6. The van der Waals surface area contributed by atoms with Gasteiger partial charge in [-0.05, 0) is 58.9 Å². The normalized spacial score (nSPS) is 10.7. The van der Waals surface area contributed by atoms with Crippen LogP contribution in [0.15, 0.2) is 112 Å². The molecule has 0 fully saturated rings. The summed E-state index contributed by atoms with van der Waals surface area (Å²) in [7, 11) is 0. The summed E-state index contributed by atoms with van der Waals surface area (Å²) < 4.78 is 7.13. The van der Waals surface area contributed by atoms with E-state index < -0.39 is 0 Å². The Balaban J connectivity index is 0.000000125. The topological polar surface area (TPSA) is 153 Å². The maximum absolute atomic E-state index is 8.95. The SMILES string of the molecule is Brc1cn2ncnc2c(Br)n1.Brc1cn2ncnc2c(Cc2ccccc2)n1.N#Cc1cn2ncnc2c(Cc2ccccc2)n1. The summed E-state index contributed by atoms with van der Waals surface area (Å²) in [6.07, 6.45) is 11.0. The van der Waals surface area contributed by atoms with Gasteiger partial charge >= 0.3 is 0 Å². The third-order valence-corrected chi connectivity index (χ3v) is 7.66. The monoisotopic (exact) mass is 799 g/mol. The molecule has 6 aromatic heterocycles. The fourth-order valence-electron chi connectivity index (χ4n) is 4.39. The van der Waals surface area contributed by atoms with Gasteiger partial charge < -0.3 is 0 Å². The van der Waals surface area contributed by atoms with Crippen molar-refractivity contribution in [3.05, 3.63) is 140 Å². The van der Waals surface area contributed by atoms with E-state index in [4.69, 9.17) is 5.26 Å². The summed E-state index contributed by atoms with van der Waals surface area (Å²) in [5, 5.41) is 21.1. The standard InChI is InChI=1S/C13H9N5.C12H9BrN4.C5H2Br2N4/c14-7-11-8-18-13(15-9-16-18)12(17-11)6-10-4-2-1-3-5-10;13-11-7-17-12(14-8-15-17)10(16-11)6-9-4-2-1-3-5-9;6-3-1-11-5(4(7)10-3)8-2-9-11/h1-5,8-9H,6H2;1-5,7-8H,6H2;1-2H. The number of rotatable bonds is 4. The second-order valence-electron chi connectivity index (χ2n) is 9.46. The molecule has 0 amide bonds. The first-order valence-electron chi connectivity index (χ1n) is 13.5. The third kappa shape index (κ3) is 7.45. The van der Waals surface area contributed by atoms with E-state index in [-0.39, 0.29) is 0 Å². The van der Waals surface area contributed by atoms with Gasteiger partial charge in [-0.25, -0.2) is 43.5 Å². The molecular weight excluding hydrogens is 782 g/mol. The molecule has 0 saturated heterocycles. The Hall–Kier alpha value is -4.98. The molecule has 0 bridgehead atoms. The van der Waals surface area contributed by atoms with Crippen LogP contribution >= 0.6 is 47.8 Å². The highest BCUT2D eigenvalue weighted by Gasteiger charge is 2.10. The molecule has 0 aliphatic carbocycles. The Morgan fingerprint density at radius 3 is 1.57 bits per heavy atom. The van der Waals surface area contributed by atoms with Gasteiger partial charge in [0.2, 0.25) is 0 Å². The molecule has 46 heavy (non-hydrogen) atoms. The van der Waals surface area contributed by atoms with E-state index in [1.54, 1.807) is 32.1 Å². The molecule has 0 saturated carbocycles. The second kappa shape index (κ2) is 14.4. The van der Waals surface area contributed by atoms with Crippen molar-refractivity contribution in [2.24, 2.45) is 0 Å². The van der Waals surface area contributed by atoms with E-state index in [0.29, 0.717) is 28.0 Å². The van der Waals surface area contributed by atoms with E-state index in [1.807, 2.05) is 54.6 Å². The number of fused-ring (bicyclic) bond motifs is 3. The van der Waals surface area contributed by atoms with Gasteiger partial charge in [-0.2, -0.15) is 20.6 Å². The first-order chi connectivity index (χ1) is 22.5. The Bertz CT molecular complexity index is 2280. The lowest BCUT2D eigenvalue weighted by Crippen LogP contribution is -2.01. The number of hydrogen-bond acceptors (Lipinski definition) is 10. The van der Waals surface area contributed by atoms with Crippen LogP contribution in [0.25, 0.3) is 16.9 Å². The quantitative estimate of drug-likeness (QED) is 0.216. The first kappa shape index (κ1) is 31.0. The van der Waals surface area contributed by atoms with Crippen molar-refractivity contribution < 1.29 is 0 Å². The van der Waals surface area contributed by atoms with Crippen LogP contribution in [0, 0.1) is 11.3 Å². The molecule has 13 nitrogen and oxygen atoms in total. The molecular formula is C30H20Br3N13. The first-order valence-corrected chi connectivity index (χ1v) is 15.9. The molecule has 0 aliphatic rings. The molecule has 226 valence electrons. The lowest BCUT2D eigenvalue weighted by atomic mass is 10.1. The second-order valence-corrected chi connectivity index (χ2v) is 11.8. The molecule has 2 aromatic carbocycles. The summed E-state index contributed by atoms with van der Waals surface area (Å²) in [5.41, 5.74) is 6.58. The van der Waals surface area contributed by atoms with Crippen LogP contribution in [0.2, 0.25) is 0 Å². The van der Waals surface area contributed by atoms with Gasteiger partial charge in [0, 0.05) is 12.8 Å². The van der Waals surface area contributed by atoms with E-state index in [2.05, 4.69) is 105 Å². The lowest BCUT2D eigenvalue weighted by Gasteiger charge is -2.03. The number of halogens is 3. The highest BCUT2D eigenvalue weighted by Crippen LogP contribution is 2.17. The Morgan fingerprint density at radius 1 is 0.565 bits per heavy atom. The highest BCUT2D eigenvalue weighted by atomic mass is 79.9. The zero-order chi connectivity index (χ0) is 31.9.